The molecule has 0 bridgehead atoms. The first-order valence-electron chi connectivity index (χ1n) is 6.15. The quantitative estimate of drug-likeness (QED) is 0.668. The first-order chi connectivity index (χ1) is 9.01. The number of nitrogens with two attached hydrogens (primary N) is 1. The summed E-state index contributed by atoms with van der Waals surface area (Å²) in [5.74, 6) is 5.38. The van der Waals surface area contributed by atoms with Crippen molar-refractivity contribution in [3.63, 3.8) is 0 Å². The summed E-state index contributed by atoms with van der Waals surface area (Å²) in [7, 11) is 0. The number of benzene rings is 1. The standard InChI is InChI=1S/C14H18FN3S/c1-8-4-9(2)14(12(15)5-8)13(18-16)6-11-7-19-10(3)17-11/h4-5,7,13,18H,6,16H2,1-3H3. The number of nitrogens with zero attached hydrogens (tertiary/aromatic N) is 1. The highest BCUT2D eigenvalue weighted by Gasteiger charge is 2.19. The molecule has 1 aromatic carbocycles. The van der Waals surface area contributed by atoms with E-state index in [4.69, 9.17) is 5.84 Å². The highest BCUT2D eigenvalue weighted by Crippen LogP contribution is 2.25. The van der Waals surface area contributed by atoms with Gasteiger partial charge in [0.05, 0.1) is 16.7 Å². The predicted molar refractivity (Wildman–Crippen MR) is 76.5 cm³/mol. The maximum Gasteiger partial charge on any atom is 0.128 e. The maximum atomic E-state index is 14.1. The molecule has 0 fully saturated rings. The Morgan fingerprint density at radius 2 is 2.11 bits per heavy atom. The molecule has 0 amide bonds. The summed E-state index contributed by atoms with van der Waals surface area (Å²) in [4.78, 5) is 4.40. The molecule has 0 radical (unpaired) electrons. The summed E-state index contributed by atoms with van der Waals surface area (Å²) < 4.78 is 14.1. The molecule has 3 nitrogen and oxygen atoms in total. The first kappa shape index (κ1) is 14.1. The Morgan fingerprint density at radius 3 is 2.63 bits per heavy atom. The SMILES string of the molecule is Cc1cc(C)c(C(Cc2csc(C)n2)NN)c(F)c1. The van der Waals surface area contributed by atoms with Crippen LogP contribution in [0.3, 0.4) is 0 Å². The van der Waals surface area contributed by atoms with E-state index in [0.29, 0.717) is 12.0 Å². The molecule has 1 aromatic heterocycles. The normalized spacial score (nSPS) is 12.7. The Bertz CT molecular complexity index is 557. The zero-order valence-electron chi connectivity index (χ0n) is 11.3. The van der Waals surface area contributed by atoms with Crippen LogP contribution in [0.2, 0.25) is 0 Å². The molecule has 1 atom stereocenters. The van der Waals surface area contributed by atoms with Crippen LogP contribution in [0.15, 0.2) is 17.5 Å². The van der Waals surface area contributed by atoms with E-state index in [0.717, 1.165) is 21.8 Å². The average Bonchev–Trinajstić information content (AvgIpc) is 2.72. The van der Waals surface area contributed by atoms with Crippen molar-refractivity contribution in [1.82, 2.24) is 10.4 Å². The van der Waals surface area contributed by atoms with E-state index in [1.807, 2.05) is 32.2 Å². The van der Waals surface area contributed by atoms with Gasteiger partial charge in [0, 0.05) is 17.4 Å². The van der Waals surface area contributed by atoms with Gasteiger partial charge in [0.2, 0.25) is 0 Å². The minimum absolute atomic E-state index is 0.215. The summed E-state index contributed by atoms with van der Waals surface area (Å²) in [5.41, 5.74) is 6.09. The molecule has 0 spiro atoms. The predicted octanol–water partition coefficient (Wildman–Crippen LogP) is 2.95. The van der Waals surface area contributed by atoms with Crippen LogP contribution in [-0.2, 0) is 6.42 Å². The molecular weight excluding hydrogens is 261 g/mol. The van der Waals surface area contributed by atoms with Gasteiger partial charge in [-0.3, -0.25) is 11.3 Å². The minimum Gasteiger partial charge on any atom is -0.271 e. The summed E-state index contributed by atoms with van der Waals surface area (Å²) in [5, 5.41) is 2.99. The van der Waals surface area contributed by atoms with Crippen LogP contribution in [-0.4, -0.2) is 4.98 Å². The minimum atomic E-state index is -0.262. The van der Waals surface area contributed by atoms with E-state index in [-0.39, 0.29) is 11.9 Å². The summed E-state index contributed by atoms with van der Waals surface area (Å²) in [6.45, 7) is 5.74. The molecule has 2 rings (SSSR count). The van der Waals surface area contributed by atoms with Crippen LogP contribution in [0.25, 0.3) is 0 Å². The maximum absolute atomic E-state index is 14.1. The number of halogens is 1. The molecule has 5 heteroatoms. The van der Waals surface area contributed by atoms with E-state index in [9.17, 15) is 4.39 Å². The van der Waals surface area contributed by atoms with Crippen molar-refractivity contribution in [3.8, 4) is 0 Å². The third-order valence-electron chi connectivity index (χ3n) is 3.11. The largest absolute Gasteiger partial charge is 0.271 e. The van der Waals surface area contributed by atoms with Crippen LogP contribution in [0, 0.1) is 26.6 Å². The third-order valence-corrected chi connectivity index (χ3v) is 3.93. The molecule has 0 saturated carbocycles. The number of aromatic nitrogens is 1. The lowest BCUT2D eigenvalue weighted by Gasteiger charge is -2.19. The molecule has 0 aliphatic carbocycles. The lowest BCUT2D eigenvalue weighted by atomic mass is 9.96. The van der Waals surface area contributed by atoms with Crippen LogP contribution in [0.4, 0.5) is 4.39 Å². The number of nitrogens with one attached hydrogen (secondary N) is 1. The number of hydrogen-bond donors (Lipinski definition) is 2. The summed E-state index contributed by atoms with van der Waals surface area (Å²) in [6.07, 6.45) is 0.585. The number of aryl methyl sites for hydroxylation is 3. The highest BCUT2D eigenvalue weighted by atomic mass is 32.1. The molecule has 102 valence electrons. The number of rotatable bonds is 4. The van der Waals surface area contributed by atoms with E-state index < -0.39 is 0 Å². The molecule has 3 N–H and O–H groups in total. The molecule has 19 heavy (non-hydrogen) atoms. The second-order valence-corrected chi connectivity index (χ2v) is 5.82. The molecule has 1 unspecified atom stereocenters. The summed E-state index contributed by atoms with van der Waals surface area (Å²) in [6, 6.07) is 3.25. The summed E-state index contributed by atoms with van der Waals surface area (Å²) >= 11 is 1.59. The average molecular weight is 279 g/mol. The Labute approximate surface area is 116 Å². The fourth-order valence-corrected chi connectivity index (χ4v) is 2.95. The van der Waals surface area contributed by atoms with Gasteiger partial charge in [0.25, 0.3) is 0 Å². The lowest BCUT2D eigenvalue weighted by Crippen LogP contribution is -2.31. The van der Waals surface area contributed by atoms with E-state index >= 15 is 0 Å². The van der Waals surface area contributed by atoms with E-state index in [2.05, 4.69) is 10.4 Å². The van der Waals surface area contributed by atoms with Crippen molar-refractivity contribution < 1.29 is 4.39 Å². The molecule has 0 aliphatic rings. The second kappa shape index (κ2) is 5.77. The fourth-order valence-electron chi connectivity index (χ4n) is 2.32. The van der Waals surface area contributed by atoms with Crippen molar-refractivity contribution in [2.75, 3.05) is 0 Å². The van der Waals surface area contributed by atoms with Gasteiger partial charge in [0.1, 0.15) is 5.82 Å². The van der Waals surface area contributed by atoms with Crippen molar-refractivity contribution in [2.45, 2.75) is 33.2 Å². The van der Waals surface area contributed by atoms with Crippen LogP contribution < -0.4 is 11.3 Å². The Kier molecular flexibility index (Phi) is 4.29. The van der Waals surface area contributed by atoms with Gasteiger partial charge in [0.15, 0.2) is 0 Å². The van der Waals surface area contributed by atoms with Gasteiger partial charge in [-0.2, -0.15) is 0 Å². The van der Waals surface area contributed by atoms with Gasteiger partial charge in [-0.15, -0.1) is 11.3 Å². The van der Waals surface area contributed by atoms with Gasteiger partial charge in [-0.05, 0) is 38.0 Å². The zero-order chi connectivity index (χ0) is 14.0. The van der Waals surface area contributed by atoms with Gasteiger partial charge < -0.3 is 0 Å². The zero-order valence-corrected chi connectivity index (χ0v) is 12.1. The number of hydrazine groups is 1. The van der Waals surface area contributed by atoms with E-state index in [1.54, 1.807) is 17.4 Å². The number of hydrogen-bond acceptors (Lipinski definition) is 4. The highest BCUT2D eigenvalue weighted by molar-refractivity contribution is 7.09. The molecular formula is C14H18FN3S. The van der Waals surface area contributed by atoms with E-state index in [1.165, 1.54) is 0 Å². The van der Waals surface area contributed by atoms with Crippen molar-refractivity contribution in [1.29, 1.82) is 0 Å². The topological polar surface area (TPSA) is 50.9 Å². The first-order valence-corrected chi connectivity index (χ1v) is 7.03. The van der Waals surface area contributed by atoms with Crippen LogP contribution in [0.5, 0.6) is 0 Å². The Balaban J connectivity index is 2.32. The molecule has 0 aliphatic heterocycles. The molecule has 2 aromatic rings. The number of thiazole rings is 1. The van der Waals surface area contributed by atoms with Crippen molar-refractivity contribution in [3.05, 3.63) is 50.7 Å². The van der Waals surface area contributed by atoms with Gasteiger partial charge in [-0.1, -0.05) is 6.07 Å². The van der Waals surface area contributed by atoms with Crippen molar-refractivity contribution in [2.24, 2.45) is 5.84 Å². The third kappa shape index (κ3) is 3.18. The van der Waals surface area contributed by atoms with Crippen LogP contribution >= 0.6 is 11.3 Å². The van der Waals surface area contributed by atoms with Crippen LogP contribution in [0.1, 0.15) is 33.4 Å². The molecule has 0 saturated heterocycles. The lowest BCUT2D eigenvalue weighted by molar-refractivity contribution is 0.504. The van der Waals surface area contributed by atoms with Gasteiger partial charge in [-0.25, -0.2) is 9.37 Å². The smallest absolute Gasteiger partial charge is 0.128 e. The Morgan fingerprint density at radius 1 is 1.37 bits per heavy atom. The fraction of sp³-hybridized carbons (Fsp3) is 0.357. The second-order valence-electron chi connectivity index (χ2n) is 4.76. The monoisotopic (exact) mass is 279 g/mol. The Hall–Kier alpha value is -1.30. The molecule has 1 heterocycles. The van der Waals surface area contributed by atoms with Gasteiger partial charge >= 0.3 is 0 Å². The van der Waals surface area contributed by atoms with Crippen molar-refractivity contribution >= 4 is 11.3 Å².